The van der Waals surface area contributed by atoms with Gasteiger partial charge >= 0.3 is 0 Å². The zero-order valence-electron chi connectivity index (χ0n) is 15.3. The number of nitriles is 1. The molecule has 0 unspecified atom stereocenters. The van der Waals surface area contributed by atoms with E-state index >= 15 is 0 Å². The van der Waals surface area contributed by atoms with Gasteiger partial charge in [0.1, 0.15) is 0 Å². The van der Waals surface area contributed by atoms with Crippen LogP contribution in [-0.2, 0) is 4.79 Å². The summed E-state index contributed by atoms with van der Waals surface area (Å²) in [6.07, 6.45) is 7.35. The number of aromatic nitrogens is 3. The third-order valence-corrected chi connectivity index (χ3v) is 4.97. The molecule has 1 aromatic carbocycles. The summed E-state index contributed by atoms with van der Waals surface area (Å²) < 4.78 is 1.74. The third-order valence-electron chi connectivity index (χ3n) is 4.97. The van der Waals surface area contributed by atoms with Crippen molar-refractivity contribution in [2.75, 3.05) is 23.3 Å². The van der Waals surface area contributed by atoms with Gasteiger partial charge in [0.15, 0.2) is 5.65 Å². The Kier molecular flexibility index (Phi) is 5.02. The molecule has 1 N–H and O–H groups in total. The molecule has 28 heavy (non-hydrogen) atoms. The number of hydrogen-bond donors (Lipinski definition) is 1. The summed E-state index contributed by atoms with van der Waals surface area (Å²) in [7, 11) is 0. The van der Waals surface area contributed by atoms with Gasteiger partial charge < -0.3 is 4.90 Å². The molecule has 0 atom stereocenters. The molecule has 1 aliphatic heterocycles. The predicted octanol–water partition coefficient (Wildman–Crippen LogP) is 3.01. The van der Waals surface area contributed by atoms with Gasteiger partial charge in [0.2, 0.25) is 11.9 Å². The summed E-state index contributed by atoms with van der Waals surface area (Å²) >= 11 is 0. The Hall–Kier alpha value is -3.66. The van der Waals surface area contributed by atoms with Crippen LogP contribution in [-0.4, -0.2) is 33.6 Å². The van der Waals surface area contributed by atoms with E-state index in [9.17, 15) is 4.79 Å². The number of nitrogens with zero attached hydrogens (tertiary/aromatic N) is 5. The van der Waals surface area contributed by atoms with Crippen molar-refractivity contribution in [3.05, 3.63) is 66.4 Å². The average Bonchev–Trinajstić information content (AvgIpc) is 3.15. The fourth-order valence-corrected chi connectivity index (χ4v) is 3.40. The van der Waals surface area contributed by atoms with Crippen LogP contribution < -0.4 is 10.2 Å². The van der Waals surface area contributed by atoms with Gasteiger partial charge in [-0.15, -0.1) is 10.2 Å². The number of nitrogens with one attached hydrogen (secondary N) is 1. The number of benzene rings is 1. The predicted molar refractivity (Wildman–Crippen MR) is 107 cm³/mol. The average molecular weight is 372 g/mol. The fourth-order valence-electron chi connectivity index (χ4n) is 3.40. The first-order chi connectivity index (χ1) is 13.7. The van der Waals surface area contributed by atoms with Crippen LogP contribution in [0.3, 0.4) is 0 Å². The fraction of sp³-hybridized carbons (Fsp3) is 0.238. The van der Waals surface area contributed by atoms with Gasteiger partial charge in [-0.3, -0.25) is 14.5 Å². The number of allylic oxidation sites excluding steroid dienone is 1. The van der Waals surface area contributed by atoms with E-state index in [1.54, 1.807) is 10.5 Å². The van der Waals surface area contributed by atoms with E-state index in [4.69, 9.17) is 5.26 Å². The molecule has 140 valence electrons. The molecule has 7 nitrogen and oxygen atoms in total. The second-order valence-corrected chi connectivity index (χ2v) is 6.78. The van der Waals surface area contributed by atoms with Crippen molar-refractivity contribution in [2.24, 2.45) is 5.92 Å². The van der Waals surface area contributed by atoms with Crippen molar-refractivity contribution in [3.63, 3.8) is 0 Å². The molecule has 3 heterocycles. The minimum atomic E-state index is -0.201. The monoisotopic (exact) mass is 372 g/mol. The molecule has 0 aliphatic carbocycles. The molecule has 1 saturated heterocycles. The highest BCUT2D eigenvalue weighted by Crippen LogP contribution is 2.24. The van der Waals surface area contributed by atoms with E-state index in [2.05, 4.69) is 26.5 Å². The number of rotatable bonds is 4. The third kappa shape index (κ3) is 3.86. The summed E-state index contributed by atoms with van der Waals surface area (Å²) in [6, 6.07) is 15.4. The molecule has 4 rings (SSSR count). The number of carbonyl (C=O) groups excluding carboxylic acids is 1. The van der Waals surface area contributed by atoms with Gasteiger partial charge in [0, 0.05) is 25.0 Å². The van der Waals surface area contributed by atoms with Crippen LogP contribution >= 0.6 is 0 Å². The van der Waals surface area contributed by atoms with Gasteiger partial charge in [-0.05, 0) is 61.2 Å². The Morgan fingerprint density at radius 2 is 1.93 bits per heavy atom. The van der Waals surface area contributed by atoms with Crippen molar-refractivity contribution in [3.8, 4) is 6.07 Å². The first-order valence-electron chi connectivity index (χ1n) is 9.27. The number of hydrogen-bond acceptors (Lipinski definition) is 5. The molecule has 1 amide bonds. The molecule has 0 spiro atoms. The Morgan fingerprint density at radius 1 is 1.14 bits per heavy atom. The second-order valence-electron chi connectivity index (χ2n) is 6.78. The van der Waals surface area contributed by atoms with E-state index in [1.165, 1.54) is 0 Å². The minimum absolute atomic E-state index is 0.201. The molecule has 0 saturated carbocycles. The van der Waals surface area contributed by atoms with E-state index in [-0.39, 0.29) is 5.91 Å². The lowest BCUT2D eigenvalue weighted by Crippen LogP contribution is -2.33. The van der Waals surface area contributed by atoms with Crippen LogP contribution in [0, 0.1) is 17.2 Å². The zero-order valence-corrected chi connectivity index (χ0v) is 15.3. The number of piperidine rings is 1. The number of anilines is 2. The molecule has 7 heteroatoms. The maximum Gasteiger partial charge on any atom is 0.250 e. The molecular weight excluding hydrogens is 352 g/mol. The van der Waals surface area contributed by atoms with E-state index in [0.29, 0.717) is 23.1 Å². The smallest absolute Gasteiger partial charge is 0.250 e. The van der Waals surface area contributed by atoms with Crippen LogP contribution in [0.1, 0.15) is 18.4 Å². The van der Waals surface area contributed by atoms with Crippen LogP contribution in [0.4, 0.5) is 11.6 Å². The van der Waals surface area contributed by atoms with Crippen molar-refractivity contribution in [2.45, 2.75) is 12.8 Å². The standard InChI is InChI=1S/C21H20N6O/c22-15-17-4-7-18(8-5-17)26-13-10-16(11-14-26)6-9-20(28)23-21-25-24-19-3-1-2-12-27(19)21/h1-9,12,16H,10-11,13-14H2,(H,23,25,28). The first-order valence-corrected chi connectivity index (χ1v) is 9.27. The highest BCUT2D eigenvalue weighted by molar-refractivity contribution is 5.98. The maximum absolute atomic E-state index is 12.2. The highest BCUT2D eigenvalue weighted by Gasteiger charge is 2.18. The summed E-state index contributed by atoms with van der Waals surface area (Å²) in [5, 5.41) is 19.7. The van der Waals surface area contributed by atoms with E-state index in [0.717, 1.165) is 31.6 Å². The van der Waals surface area contributed by atoms with Gasteiger partial charge in [-0.1, -0.05) is 12.1 Å². The van der Waals surface area contributed by atoms with Crippen molar-refractivity contribution < 1.29 is 4.79 Å². The van der Waals surface area contributed by atoms with E-state index < -0.39 is 0 Å². The Labute approximate surface area is 162 Å². The van der Waals surface area contributed by atoms with Crippen molar-refractivity contribution in [1.29, 1.82) is 5.26 Å². The second kappa shape index (κ2) is 7.92. The summed E-state index contributed by atoms with van der Waals surface area (Å²) in [5.74, 6) is 0.587. The van der Waals surface area contributed by atoms with Crippen molar-refractivity contribution in [1.82, 2.24) is 14.6 Å². The van der Waals surface area contributed by atoms with Gasteiger partial charge in [-0.2, -0.15) is 5.26 Å². The molecule has 2 aromatic heterocycles. The SMILES string of the molecule is N#Cc1ccc(N2CCC(C=CC(=O)Nc3nnc4ccccn34)CC2)cc1. The molecule has 0 radical (unpaired) electrons. The molecule has 1 aliphatic rings. The maximum atomic E-state index is 12.2. The van der Waals surface area contributed by atoms with Gasteiger partial charge in [0.05, 0.1) is 11.6 Å². The zero-order chi connectivity index (χ0) is 19.3. The number of carbonyl (C=O) groups is 1. The quantitative estimate of drug-likeness (QED) is 0.712. The Morgan fingerprint density at radius 3 is 2.68 bits per heavy atom. The number of amides is 1. The molecule has 0 bridgehead atoms. The van der Waals surface area contributed by atoms with Crippen LogP contribution in [0.15, 0.2) is 60.8 Å². The normalized spacial score (nSPS) is 15.0. The van der Waals surface area contributed by atoms with Gasteiger partial charge in [-0.25, -0.2) is 0 Å². The minimum Gasteiger partial charge on any atom is -0.371 e. The van der Waals surface area contributed by atoms with Crippen LogP contribution in [0.25, 0.3) is 5.65 Å². The summed E-state index contributed by atoms with van der Waals surface area (Å²) in [6.45, 7) is 1.86. The topological polar surface area (TPSA) is 86.3 Å². The number of pyridine rings is 1. The van der Waals surface area contributed by atoms with Crippen LogP contribution in [0.5, 0.6) is 0 Å². The van der Waals surface area contributed by atoms with Crippen molar-refractivity contribution >= 4 is 23.2 Å². The Balaban J connectivity index is 1.31. The summed E-state index contributed by atoms with van der Waals surface area (Å²) in [5.41, 5.74) is 2.50. The Bertz CT molecular complexity index is 1040. The molecule has 3 aromatic rings. The largest absolute Gasteiger partial charge is 0.371 e. The first kappa shape index (κ1) is 17.7. The van der Waals surface area contributed by atoms with E-state index in [1.807, 2.05) is 54.7 Å². The molecular formula is C21H20N6O. The van der Waals surface area contributed by atoms with Gasteiger partial charge in [0.25, 0.3) is 0 Å². The molecule has 1 fully saturated rings. The number of fused-ring (bicyclic) bond motifs is 1. The lowest BCUT2D eigenvalue weighted by molar-refractivity contribution is -0.112. The van der Waals surface area contributed by atoms with Crippen LogP contribution in [0.2, 0.25) is 0 Å². The lowest BCUT2D eigenvalue weighted by Gasteiger charge is -2.32. The highest BCUT2D eigenvalue weighted by atomic mass is 16.1. The lowest BCUT2D eigenvalue weighted by atomic mass is 9.96. The summed E-state index contributed by atoms with van der Waals surface area (Å²) in [4.78, 5) is 14.5.